The van der Waals surface area contributed by atoms with Gasteiger partial charge in [-0.15, -0.1) is 6.58 Å². The van der Waals surface area contributed by atoms with Crippen molar-refractivity contribution < 1.29 is 19.1 Å². The van der Waals surface area contributed by atoms with Crippen molar-refractivity contribution in [2.45, 2.75) is 38.5 Å². The zero-order chi connectivity index (χ0) is 17.8. The molecule has 6 heteroatoms. The first kappa shape index (κ1) is 17.8. The molecule has 1 heterocycles. The summed E-state index contributed by atoms with van der Waals surface area (Å²) in [6.45, 7) is 9.99. The summed E-state index contributed by atoms with van der Waals surface area (Å²) in [6.07, 6.45) is 0.680. The molecule has 1 saturated heterocycles. The highest BCUT2D eigenvalue weighted by Crippen LogP contribution is 2.24. The number of carbonyl (C=O) groups is 2. The SMILES string of the molecule is C=CC1(NC(=O)OCc2ccccc2)CN(C(=O)OC(C)(C)C)C1. The standard InChI is InChI=1S/C18H24N2O4/c1-5-18(12-20(13-18)16(22)24-17(2,3)4)19-15(21)23-11-14-9-7-6-8-10-14/h5-10H,1,11-13H2,2-4H3,(H,19,21). The molecule has 1 aliphatic heterocycles. The van der Waals surface area contributed by atoms with Crippen LogP contribution >= 0.6 is 0 Å². The molecule has 0 bridgehead atoms. The van der Waals surface area contributed by atoms with E-state index in [2.05, 4.69) is 11.9 Å². The number of hydrogen-bond acceptors (Lipinski definition) is 4. The lowest BCUT2D eigenvalue weighted by molar-refractivity contribution is -0.00677. The first-order valence-electron chi connectivity index (χ1n) is 7.83. The number of hydrogen-bond donors (Lipinski definition) is 1. The van der Waals surface area contributed by atoms with E-state index in [1.165, 1.54) is 4.90 Å². The number of rotatable bonds is 4. The highest BCUT2D eigenvalue weighted by Gasteiger charge is 2.45. The van der Waals surface area contributed by atoms with E-state index in [0.29, 0.717) is 13.1 Å². The van der Waals surface area contributed by atoms with E-state index in [1.807, 2.05) is 51.1 Å². The van der Waals surface area contributed by atoms with Crippen LogP contribution in [-0.4, -0.2) is 41.3 Å². The van der Waals surface area contributed by atoms with Crippen LogP contribution in [-0.2, 0) is 16.1 Å². The first-order valence-corrected chi connectivity index (χ1v) is 7.83. The molecule has 1 fully saturated rings. The van der Waals surface area contributed by atoms with E-state index >= 15 is 0 Å². The van der Waals surface area contributed by atoms with E-state index in [4.69, 9.17) is 9.47 Å². The molecule has 6 nitrogen and oxygen atoms in total. The summed E-state index contributed by atoms with van der Waals surface area (Å²) >= 11 is 0. The summed E-state index contributed by atoms with van der Waals surface area (Å²) in [5.74, 6) is 0. The highest BCUT2D eigenvalue weighted by atomic mass is 16.6. The molecule has 1 aromatic carbocycles. The van der Waals surface area contributed by atoms with Crippen molar-refractivity contribution in [3.63, 3.8) is 0 Å². The zero-order valence-corrected chi connectivity index (χ0v) is 14.4. The maximum atomic E-state index is 12.0. The van der Waals surface area contributed by atoms with Crippen molar-refractivity contribution >= 4 is 12.2 Å². The number of nitrogens with zero attached hydrogens (tertiary/aromatic N) is 1. The minimum atomic E-state index is -0.676. The molecule has 0 aromatic heterocycles. The lowest BCUT2D eigenvalue weighted by atomic mass is 9.90. The molecule has 0 aliphatic carbocycles. The maximum absolute atomic E-state index is 12.0. The van der Waals surface area contributed by atoms with Crippen LogP contribution in [0.5, 0.6) is 0 Å². The molecular formula is C18H24N2O4. The Morgan fingerprint density at radius 1 is 1.29 bits per heavy atom. The molecule has 130 valence electrons. The number of alkyl carbamates (subject to hydrolysis) is 1. The largest absolute Gasteiger partial charge is 0.445 e. The average molecular weight is 332 g/mol. The number of likely N-dealkylation sites (tertiary alicyclic amines) is 1. The van der Waals surface area contributed by atoms with Gasteiger partial charge >= 0.3 is 12.2 Å². The van der Waals surface area contributed by atoms with Gasteiger partial charge in [-0.05, 0) is 26.3 Å². The van der Waals surface area contributed by atoms with E-state index in [1.54, 1.807) is 6.08 Å². The smallest absolute Gasteiger partial charge is 0.410 e. The van der Waals surface area contributed by atoms with Crippen molar-refractivity contribution in [3.05, 3.63) is 48.6 Å². The van der Waals surface area contributed by atoms with E-state index in [0.717, 1.165) is 5.56 Å². The van der Waals surface area contributed by atoms with E-state index in [-0.39, 0.29) is 6.61 Å². The second kappa shape index (κ2) is 6.95. The van der Waals surface area contributed by atoms with E-state index in [9.17, 15) is 9.59 Å². The normalized spacial score (nSPS) is 15.9. The Labute approximate surface area is 142 Å². The van der Waals surface area contributed by atoms with Gasteiger partial charge in [0.15, 0.2) is 0 Å². The maximum Gasteiger partial charge on any atom is 0.410 e. The van der Waals surface area contributed by atoms with Crippen molar-refractivity contribution in [3.8, 4) is 0 Å². The molecule has 1 aliphatic rings. The van der Waals surface area contributed by atoms with Crippen LogP contribution < -0.4 is 5.32 Å². The Morgan fingerprint density at radius 2 is 1.92 bits per heavy atom. The molecule has 0 saturated carbocycles. The summed E-state index contributed by atoms with van der Waals surface area (Å²) in [7, 11) is 0. The van der Waals surface area contributed by atoms with Gasteiger partial charge in [0, 0.05) is 0 Å². The predicted octanol–water partition coefficient (Wildman–Crippen LogP) is 3.09. The molecule has 2 amide bonds. The fourth-order valence-electron chi connectivity index (χ4n) is 2.31. The summed E-state index contributed by atoms with van der Waals surface area (Å²) in [4.78, 5) is 25.5. The number of benzene rings is 1. The van der Waals surface area contributed by atoms with Crippen LogP contribution in [0.2, 0.25) is 0 Å². The average Bonchev–Trinajstić information content (AvgIpc) is 2.47. The molecule has 24 heavy (non-hydrogen) atoms. The molecule has 1 aromatic rings. The van der Waals surface area contributed by atoms with Crippen molar-refractivity contribution in [2.75, 3.05) is 13.1 Å². The van der Waals surface area contributed by atoms with Crippen LogP contribution in [0.4, 0.5) is 9.59 Å². The Bertz CT molecular complexity index is 601. The number of nitrogens with one attached hydrogen (secondary N) is 1. The Morgan fingerprint density at radius 3 is 2.46 bits per heavy atom. The van der Waals surface area contributed by atoms with Gasteiger partial charge in [-0.1, -0.05) is 36.4 Å². The third-order valence-electron chi connectivity index (χ3n) is 3.55. The summed E-state index contributed by atoms with van der Waals surface area (Å²) in [5.41, 5.74) is -0.319. The van der Waals surface area contributed by atoms with Gasteiger partial charge in [-0.3, -0.25) is 0 Å². The second-order valence-corrected chi connectivity index (χ2v) is 6.88. The van der Waals surface area contributed by atoms with Crippen molar-refractivity contribution in [1.29, 1.82) is 0 Å². The van der Waals surface area contributed by atoms with Crippen LogP contribution in [0.3, 0.4) is 0 Å². The third kappa shape index (κ3) is 4.75. The van der Waals surface area contributed by atoms with Crippen molar-refractivity contribution in [1.82, 2.24) is 10.2 Å². The number of amides is 2. The van der Waals surface area contributed by atoms with Crippen LogP contribution in [0.15, 0.2) is 43.0 Å². The fourth-order valence-corrected chi connectivity index (χ4v) is 2.31. The number of ether oxygens (including phenoxy) is 2. The third-order valence-corrected chi connectivity index (χ3v) is 3.55. The molecule has 2 rings (SSSR count). The van der Waals surface area contributed by atoms with Crippen molar-refractivity contribution in [2.24, 2.45) is 0 Å². The van der Waals surface area contributed by atoms with Crippen LogP contribution in [0.25, 0.3) is 0 Å². The quantitative estimate of drug-likeness (QED) is 0.860. The van der Waals surface area contributed by atoms with Crippen LogP contribution in [0.1, 0.15) is 26.3 Å². The molecule has 1 N–H and O–H groups in total. The van der Waals surface area contributed by atoms with Crippen LogP contribution in [0, 0.1) is 0 Å². The van der Waals surface area contributed by atoms with Gasteiger partial charge < -0.3 is 19.7 Å². The van der Waals surface area contributed by atoms with Gasteiger partial charge in [0.1, 0.15) is 12.2 Å². The highest BCUT2D eigenvalue weighted by molar-refractivity contribution is 5.73. The molecule has 0 spiro atoms. The Kier molecular flexibility index (Phi) is 5.17. The lowest BCUT2D eigenvalue weighted by Gasteiger charge is -2.48. The Balaban J connectivity index is 1.81. The van der Waals surface area contributed by atoms with Gasteiger partial charge in [0.2, 0.25) is 0 Å². The fraction of sp³-hybridized carbons (Fsp3) is 0.444. The zero-order valence-electron chi connectivity index (χ0n) is 14.4. The molecule has 0 radical (unpaired) electrons. The molecule has 0 atom stereocenters. The first-order chi connectivity index (χ1) is 11.2. The predicted molar refractivity (Wildman–Crippen MR) is 90.5 cm³/mol. The second-order valence-electron chi connectivity index (χ2n) is 6.88. The summed E-state index contributed by atoms with van der Waals surface area (Å²) < 4.78 is 10.5. The molecule has 0 unspecified atom stereocenters. The Hall–Kier alpha value is -2.50. The monoisotopic (exact) mass is 332 g/mol. The summed E-state index contributed by atoms with van der Waals surface area (Å²) in [5, 5.41) is 2.77. The van der Waals surface area contributed by atoms with Gasteiger partial charge in [-0.25, -0.2) is 9.59 Å². The summed E-state index contributed by atoms with van der Waals surface area (Å²) in [6, 6.07) is 9.42. The minimum Gasteiger partial charge on any atom is -0.445 e. The minimum absolute atomic E-state index is 0.190. The van der Waals surface area contributed by atoms with E-state index < -0.39 is 23.3 Å². The lowest BCUT2D eigenvalue weighted by Crippen LogP contribution is -2.70. The van der Waals surface area contributed by atoms with Gasteiger partial charge in [0.25, 0.3) is 0 Å². The number of carbonyl (C=O) groups excluding carboxylic acids is 2. The topological polar surface area (TPSA) is 67.9 Å². The molecular weight excluding hydrogens is 308 g/mol. The van der Waals surface area contributed by atoms with Gasteiger partial charge in [-0.2, -0.15) is 0 Å². The van der Waals surface area contributed by atoms with Gasteiger partial charge in [0.05, 0.1) is 18.6 Å².